The van der Waals surface area contributed by atoms with Crippen LogP contribution in [0, 0.1) is 5.92 Å². The molecule has 1 N–H and O–H groups in total. The number of likely N-dealkylation sites (tertiary alicyclic amines) is 1. The van der Waals surface area contributed by atoms with Crippen molar-refractivity contribution in [1.82, 2.24) is 4.90 Å². The Morgan fingerprint density at radius 1 is 1.21 bits per heavy atom. The van der Waals surface area contributed by atoms with Gasteiger partial charge in [-0.1, -0.05) is 50.2 Å². The maximum atomic E-state index is 13.7. The molecule has 5 atom stereocenters. The first-order valence-electron chi connectivity index (χ1n) is 13.4. The van der Waals surface area contributed by atoms with E-state index in [4.69, 9.17) is 9.47 Å². The van der Waals surface area contributed by atoms with Crippen LogP contribution in [-0.4, -0.2) is 59.4 Å². The number of Topliss-reactive ketones (excluding diaryl/α,β-unsaturated/α-hetero) is 1. The molecule has 6 rings (SSSR count). The molecule has 0 radical (unpaired) electrons. The number of aliphatic hydroxyl groups is 1. The Morgan fingerprint density at radius 2 is 1.97 bits per heavy atom. The highest BCUT2D eigenvalue weighted by atomic mass is 16.6. The lowest BCUT2D eigenvalue weighted by Crippen LogP contribution is -2.74. The maximum Gasteiger partial charge on any atom is 0.319 e. The average Bonchev–Trinajstić information content (AvgIpc) is 3.27. The molecule has 2 aliphatic heterocycles. The van der Waals surface area contributed by atoms with Crippen molar-refractivity contribution in [2.75, 3.05) is 13.6 Å². The summed E-state index contributed by atoms with van der Waals surface area (Å²) in [5.41, 5.74) is 1.14. The van der Waals surface area contributed by atoms with E-state index in [-0.39, 0.29) is 24.2 Å². The van der Waals surface area contributed by atoms with Gasteiger partial charge in [-0.05, 0) is 49.7 Å². The van der Waals surface area contributed by atoms with E-state index in [9.17, 15) is 19.5 Å². The molecule has 2 bridgehead atoms. The molecule has 4 aliphatic rings. The molecule has 2 aliphatic carbocycles. The molecule has 1 saturated heterocycles. The number of benzene rings is 2. The highest BCUT2D eigenvalue weighted by Crippen LogP contribution is 2.64. The molecule has 1 spiro atoms. The topological polar surface area (TPSA) is 93.1 Å². The molecular weight excluding hydrogens is 482 g/mol. The normalized spacial score (nSPS) is 29.7. The predicted octanol–water partition coefficient (Wildman–Crippen LogP) is 3.72. The van der Waals surface area contributed by atoms with Crippen molar-refractivity contribution in [2.24, 2.45) is 5.92 Å². The van der Waals surface area contributed by atoms with Gasteiger partial charge in [-0.3, -0.25) is 14.4 Å². The zero-order chi connectivity index (χ0) is 26.8. The minimum atomic E-state index is -1.13. The third-order valence-electron chi connectivity index (χ3n) is 9.29. The molecule has 0 aromatic heterocycles. The molecule has 0 amide bonds. The first kappa shape index (κ1) is 25.0. The predicted molar refractivity (Wildman–Crippen MR) is 140 cm³/mol. The number of ether oxygens (including phenoxy) is 2. The number of ketones is 1. The van der Waals surface area contributed by atoms with Crippen molar-refractivity contribution in [3.8, 4) is 5.75 Å². The van der Waals surface area contributed by atoms with E-state index in [1.165, 1.54) is 0 Å². The highest BCUT2D eigenvalue weighted by molar-refractivity contribution is 5.89. The summed E-state index contributed by atoms with van der Waals surface area (Å²) < 4.78 is 12.6. The number of rotatable bonds is 7. The van der Waals surface area contributed by atoms with Crippen LogP contribution in [0.4, 0.5) is 0 Å². The molecule has 0 saturated carbocycles. The molecule has 2 aromatic carbocycles. The van der Waals surface area contributed by atoms with Gasteiger partial charge in [0, 0.05) is 30.4 Å². The molecule has 0 unspecified atom stereocenters. The monoisotopic (exact) mass is 515 g/mol. The molecular formula is C31H33NO6. The van der Waals surface area contributed by atoms with Crippen LogP contribution in [0.5, 0.6) is 5.75 Å². The van der Waals surface area contributed by atoms with Gasteiger partial charge in [-0.15, -0.1) is 0 Å². The summed E-state index contributed by atoms with van der Waals surface area (Å²) >= 11 is 0. The second kappa shape index (κ2) is 8.89. The van der Waals surface area contributed by atoms with Gasteiger partial charge in [0.1, 0.15) is 17.3 Å². The van der Waals surface area contributed by atoms with E-state index in [0.29, 0.717) is 36.3 Å². The van der Waals surface area contributed by atoms with Crippen molar-refractivity contribution in [2.45, 2.75) is 68.6 Å². The van der Waals surface area contributed by atoms with Crippen LogP contribution in [-0.2, 0) is 26.2 Å². The lowest BCUT2D eigenvalue weighted by molar-refractivity contribution is -0.170. The molecule has 2 aromatic rings. The number of piperidine rings is 1. The van der Waals surface area contributed by atoms with Gasteiger partial charge in [0.25, 0.3) is 0 Å². The number of nitrogens with zero attached hydrogens (tertiary/aromatic N) is 1. The number of likely N-dealkylation sites (N-methyl/N-ethyl adjacent to an activating group) is 1. The Hall–Kier alpha value is -3.29. The van der Waals surface area contributed by atoms with Crippen LogP contribution in [0.15, 0.2) is 54.3 Å². The van der Waals surface area contributed by atoms with Crippen LogP contribution in [0.25, 0.3) is 0 Å². The first-order valence-corrected chi connectivity index (χ1v) is 13.4. The summed E-state index contributed by atoms with van der Waals surface area (Å²) in [6, 6.07) is 12.8. The number of hydrogen-bond acceptors (Lipinski definition) is 7. The fourth-order valence-electron chi connectivity index (χ4n) is 7.21. The Labute approximate surface area is 222 Å². The number of carbonyl (C=O) groups is 3. The van der Waals surface area contributed by atoms with Crippen LogP contribution < -0.4 is 4.74 Å². The third-order valence-corrected chi connectivity index (χ3v) is 9.29. The van der Waals surface area contributed by atoms with E-state index in [1.807, 2.05) is 57.3 Å². The fourth-order valence-corrected chi connectivity index (χ4v) is 7.21. The quantitative estimate of drug-likeness (QED) is 0.444. The SMILES string of the molecule is CC(C)C(=O)C[C@H](C(=O)OC1=CC[C@@]2(O)[C@H]3Cc4ccc(C=O)c5c4[C@@]2(CCN3C)[C@H]1O5)c1ccccc1. The van der Waals surface area contributed by atoms with Gasteiger partial charge in [-0.2, -0.15) is 0 Å². The number of carbonyl (C=O) groups excluding carboxylic acids is 3. The number of hydrogen-bond donors (Lipinski definition) is 1. The van der Waals surface area contributed by atoms with Gasteiger partial charge >= 0.3 is 5.97 Å². The second-order valence-corrected chi connectivity index (χ2v) is 11.5. The Balaban J connectivity index is 1.41. The second-order valence-electron chi connectivity index (χ2n) is 11.5. The van der Waals surface area contributed by atoms with E-state index in [1.54, 1.807) is 12.1 Å². The lowest BCUT2D eigenvalue weighted by atomic mass is 9.50. The van der Waals surface area contributed by atoms with Crippen molar-refractivity contribution in [3.05, 3.63) is 76.6 Å². The zero-order valence-corrected chi connectivity index (χ0v) is 22.0. The Morgan fingerprint density at radius 3 is 2.68 bits per heavy atom. The third kappa shape index (κ3) is 3.38. The van der Waals surface area contributed by atoms with E-state index in [0.717, 1.165) is 29.5 Å². The van der Waals surface area contributed by atoms with Gasteiger partial charge in [0.2, 0.25) is 0 Å². The average molecular weight is 516 g/mol. The Kier molecular flexibility index (Phi) is 5.85. The van der Waals surface area contributed by atoms with Gasteiger partial charge < -0.3 is 19.5 Å². The summed E-state index contributed by atoms with van der Waals surface area (Å²) in [5.74, 6) is -0.662. The van der Waals surface area contributed by atoms with Crippen LogP contribution >= 0.6 is 0 Å². The number of aldehydes is 1. The van der Waals surface area contributed by atoms with Crippen molar-refractivity contribution in [1.29, 1.82) is 0 Å². The van der Waals surface area contributed by atoms with Crippen molar-refractivity contribution >= 4 is 18.0 Å². The molecule has 198 valence electrons. The van der Waals surface area contributed by atoms with Crippen LogP contribution in [0.2, 0.25) is 0 Å². The van der Waals surface area contributed by atoms with Crippen LogP contribution in [0.1, 0.15) is 66.1 Å². The molecule has 7 heteroatoms. The van der Waals surface area contributed by atoms with Gasteiger partial charge in [0.05, 0.1) is 22.5 Å². The molecule has 2 heterocycles. The van der Waals surface area contributed by atoms with Gasteiger partial charge in [0.15, 0.2) is 12.4 Å². The fraction of sp³-hybridized carbons (Fsp3) is 0.452. The van der Waals surface area contributed by atoms with Gasteiger partial charge in [-0.25, -0.2) is 0 Å². The summed E-state index contributed by atoms with van der Waals surface area (Å²) in [6.07, 6.45) is 3.42. The zero-order valence-electron chi connectivity index (χ0n) is 22.0. The van der Waals surface area contributed by atoms with Crippen molar-refractivity contribution in [3.63, 3.8) is 0 Å². The lowest BCUT2D eigenvalue weighted by Gasteiger charge is -2.61. The highest BCUT2D eigenvalue weighted by Gasteiger charge is 2.72. The van der Waals surface area contributed by atoms with Crippen LogP contribution in [0.3, 0.4) is 0 Å². The standard InChI is InChI=1S/C31H33NO6/c1-18(2)23(34)16-22(19-7-5-4-6-8-19)29(35)37-24-11-12-31(36)25-15-20-9-10-21(17-33)27-26(20)30(31,28(24)38-27)13-14-32(25)3/h4-11,17-18,22,25,28,36H,12-16H2,1-3H3/t22-,25+,28-,30-,31+/m0/s1. The van der Waals surface area contributed by atoms with Crippen molar-refractivity contribution < 1.29 is 29.0 Å². The van der Waals surface area contributed by atoms with E-state index >= 15 is 0 Å². The maximum absolute atomic E-state index is 13.7. The largest absolute Gasteiger partial charge is 0.480 e. The minimum Gasteiger partial charge on any atom is -0.480 e. The number of esters is 1. The first-order chi connectivity index (χ1) is 18.2. The van der Waals surface area contributed by atoms with E-state index in [2.05, 4.69) is 4.90 Å². The minimum absolute atomic E-state index is 0.0170. The Bertz CT molecular complexity index is 1350. The molecule has 38 heavy (non-hydrogen) atoms. The molecule has 7 nitrogen and oxygen atoms in total. The summed E-state index contributed by atoms with van der Waals surface area (Å²) in [4.78, 5) is 40.6. The van der Waals surface area contributed by atoms with E-state index < -0.39 is 29.0 Å². The summed E-state index contributed by atoms with van der Waals surface area (Å²) in [5, 5.41) is 12.3. The smallest absolute Gasteiger partial charge is 0.319 e. The molecule has 1 fully saturated rings. The summed E-state index contributed by atoms with van der Waals surface area (Å²) in [7, 11) is 2.03. The summed E-state index contributed by atoms with van der Waals surface area (Å²) in [6.45, 7) is 4.39.